The first kappa shape index (κ1) is 16.2. The van der Waals surface area contributed by atoms with Gasteiger partial charge in [-0.05, 0) is 37.1 Å². The monoisotopic (exact) mass is 357 g/mol. The van der Waals surface area contributed by atoms with Gasteiger partial charge >= 0.3 is 0 Å². The summed E-state index contributed by atoms with van der Waals surface area (Å²) in [5.74, 6) is 0.0338. The summed E-state index contributed by atoms with van der Waals surface area (Å²) in [6, 6.07) is 3.85. The number of rotatable bonds is 5. The van der Waals surface area contributed by atoms with Gasteiger partial charge in [-0.3, -0.25) is 4.79 Å². The highest BCUT2D eigenvalue weighted by molar-refractivity contribution is 7.08. The Morgan fingerprint density at radius 2 is 2.44 bits per heavy atom. The molecular weight excluding hydrogens is 338 g/mol. The van der Waals surface area contributed by atoms with E-state index in [1.165, 1.54) is 11.3 Å². The third-order valence-corrected chi connectivity index (χ3v) is 5.62. The molecule has 25 heavy (non-hydrogen) atoms. The molecule has 1 saturated carbocycles. The zero-order chi connectivity index (χ0) is 17.3. The minimum Gasteiger partial charge on any atom is -0.381 e. The summed E-state index contributed by atoms with van der Waals surface area (Å²) in [6.07, 6.45) is 5.33. The van der Waals surface area contributed by atoms with Crippen LogP contribution in [-0.2, 0) is 10.3 Å². The molecule has 4 rings (SSSR count). The van der Waals surface area contributed by atoms with Crippen molar-refractivity contribution in [3.63, 3.8) is 0 Å². The predicted octanol–water partition coefficient (Wildman–Crippen LogP) is 2.25. The summed E-state index contributed by atoms with van der Waals surface area (Å²) in [5, 5.41) is 24.6. The summed E-state index contributed by atoms with van der Waals surface area (Å²) in [5.41, 5.74) is 0.798. The fourth-order valence-corrected chi connectivity index (χ4v) is 3.85. The lowest BCUT2D eigenvalue weighted by molar-refractivity contribution is 0.0373. The van der Waals surface area contributed by atoms with Crippen LogP contribution in [0.1, 0.15) is 47.8 Å². The van der Waals surface area contributed by atoms with Gasteiger partial charge in [0.15, 0.2) is 5.54 Å². The first-order valence-electron chi connectivity index (χ1n) is 8.47. The molecule has 1 unspecified atom stereocenters. The Hall–Kier alpha value is -2.24. The fraction of sp³-hybridized carbons (Fsp3) is 0.529. The smallest absolute Gasteiger partial charge is 0.252 e. The van der Waals surface area contributed by atoms with Crippen LogP contribution in [0.5, 0.6) is 0 Å². The number of nitrogens with one attached hydrogen (secondary N) is 1. The summed E-state index contributed by atoms with van der Waals surface area (Å²) >= 11 is 1.49. The Labute approximate surface area is 149 Å². The van der Waals surface area contributed by atoms with E-state index in [2.05, 4.69) is 21.7 Å². The van der Waals surface area contributed by atoms with Crippen molar-refractivity contribution in [2.75, 3.05) is 13.2 Å². The molecule has 2 fully saturated rings. The van der Waals surface area contributed by atoms with Crippen LogP contribution in [0.2, 0.25) is 0 Å². The first-order valence-corrected chi connectivity index (χ1v) is 9.41. The van der Waals surface area contributed by atoms with Crippen LogP contribution in [0.25, 0.3) is 0 Å². The molecule has 8 heteroatoms. The Bertz CT molecular complexity index is 784. The van der Waals surface area contributed by atoms with E-state index in [0.717, 1.165) is 32.3 Å². The van der Waals surface area contributed by atoms with Crippen molar-refractivity contribution >= 4 is 17.2 Å². The quantitative estimate of drug-likeness (QED) is 0.886. The molecule has 3 heterocycles. The number of ether oxygens (including phenoxy) is 1. The first-order chi connectivity index (χ1) is 12.2. The Morgan fingerprint density at radius 1 is 1.56 bits per heavy atom. The van der Waals surface area contributed by atoms with Gasteiger partial charge in [0.05, 0.1) is 30.5 Å². The van der Waals surface area contributed by atoms with Gasteiger partial charge in [0.1, 0.15) is 5.69 Å². The number of hydrogen-bond acceptors (Lipinski definition) is 6. The molecule has 2 aliphatic rings. The van der Waals surface area contributed by atoms with Crippen LogP contribution in [0, 0.1) is 17.2 Å². The van der Waals surface area contributed by atoms with Crippen LogP contribution in [0.15, 0.2) is 23.0 Å². The molecule has 2 aromatic heterocycles. The molecular formula is C17H19N5O2S. The summed E-state index contributed by atoms with van der Waals surface area (Å²) in [6.45, 7) is 1.34. The highest BCUT2D eigenvalue weighted by atomic mass is 32.1. The van der Waals surface area contributed by atoms with E-state index in [1.807, 2.05) is 17.0 Å². The fourth-order valence-electron chi connectivity index (χ4n) is 3.22. The molecule has 0 aromatic carbocycles. The zero-order valence-corrected chi connectivity index (χ0v) is 14.5. The molecule has 7 nitrogen and oxygen atoms in total. The van der Waals surface area contributed by atoms with Crippen LogP contribution in [-0.4, -0.2) is 34.1 Å². The van der Waals surface area contributed by atoms with Gasteiger partial charge in [-0.2, -0.15) is 16.6 Å². The maximum Gasteiger partial charge on any atom is 0.252 e. The third-order valence-electron chi connectivity index (χ3n) is 4.94. The second kappa shape index (κ2) is 6.58. The third kappa shape index (κ3) is 3.17. The van der Waals surface area contributed by atoms with Gasteiger partial charge in [-0.15, -0.1) is 5.10 Å². The molecule has 0 radical (unpaired) electrons. The minimum absolute atomic E-state index is 0.118. The van der Waals surface area contributed by atoms with E-state index in [1.54, 1.807) is 10.7 Å². The number of carbonyl (C=O) groups excluding carboxylic acids is 1. The number of nitrogens with zero attached hydrogens (tertiary/aromatic N) is 4. The van der Waals surface area contributed by atoms with E-state index in [4.69, 9.17) is 4.74 Å². The van der Waals surface area contributed by atoms with Crippen molar-refractivity contribution < 1.29 is 9.53 Å². The molecule has 130 valence electrons. The maximum absolute atomic E-state index is 12.6. The van der Waals surface area contributed by atoms with Gasteiger partial charge in [0.2, 0.25) is 0 Å². The summed E-state index contributed by atoms with van der Waals surface area (Å²) in [7, 11) is 0. The largest absolute Gasteiger partial charge is 0.381 e. The Balaban J connectivity index is 1.59. The normalized spacial score (nSPS) is 22.8. The van der Waals surface area contributed by atoms with Crippen molar-refractivity contribution in [1.82, 2.24) is 20.3 Å². The van der Waals surface area contributed by atoms with Gasteiger partial charge in [-0.25, -0.2) is 4.68 Å². The van der Waals surface area contributed by atoms with Gasteiger partial charge < -0.3 is 10.1 Å². The molecule has 1 saturated heterocycles. The molecule has 1 aliphatic carbocycles. The van der Waals surface area contributed by atoms with Crippen LogP contribution in [0.4, 0.5) is 0 Å². The zero-order valence-electron chi connectivity index (χ0n) is 13.7. The van der Waals surface area contributed by atoms with Crippen molar-refractivity contribution in [1.29, 1.82) is 5.26 Å². The average molecular weight is 357 g/mol. The number of hydrogen-bond donors (Lipinski definition) is 1. The lowest BCUT2D eigenvalue weighted by atomic mass is 9.91. The van der Waals surface area contributed by atoms with Crippen molar-refractivity contribution in [2.24, 2.45) is 5.92 Å². The van der Waals surface area contributed by atoms with E-state index in [9.17, 15) is 10.1 Å². The molecule has 1 aliphatic heterocycles. The number of thiophene rings is 1. The number of aromatic nitrogens is 3. The van der Waals surface area contributed by atoms with Crippen LogP contribution >= 0.6 is 11.3 Å². The topological polar surface area (TPSA) is 92.8 Å². The maximum atomic E-state index is 12.6. The van der Waals surface area contributed by atoms with Crippen molar-refractivity contribution in [3.8, 4) is 6.07 Å². The molecule has 0 spiro atoms. The lowest BCUT2D eigenvalue weighted by Gasteiger charge is -2.29. The van der Waals surface area contributed by atoms with Gasteiger partial charge in [0, 0.05) is 17.9 Å². The molecule has 0 bridgehead atoms. The molecule has 2 atom stereocenters. The van der Waals surface area contributed by atoms with Crippen LogP contribution < -0.4 is 5.32 Å². The van der Waals surface area contributed by atoms with Crippen molar-refractivity contribution in [3.05, 3.63) is 34.3 Å². The predicted molar refractivity (Wildman–Crippen MR) is 90.9 cm³/mol. The standard InChI is InChI=1S/C17H19N5O2S/c18-11-17(4-5-17)22-8-14(20-21-22)15(12-2-1-6-24-9-12)19-16(23)13-3-7-25-10-13/h3,7-8,10,12,15H,1-2,4-6,9H2,(H,19,23)/t12?,15-/m0/s1. The Morgan fingerprint density at radius 3 is 3.08 bits per heavy atom. The van der Waals surface area contributed by atoms with Gasteiger partial charge in [-0.1, -0.05) is 5.21 Å². The SMILES string of the molecule is N#CC1(n2cc([C@@H](NC(=O)c3ccsc3)C3CCCOC3)nn2)CC1. The summed E-state index contributed by atoms with van der Waals surface area (Å²) < 4.78 is 7.26. The lowest BCUT2D eigenvalue weighted by Crippen LogP contribution is -2.37. The number of carbonyl (C=O) groups is 1. The average Bonchev–Trinajstić information content (AvgIpc) is 3.05. The number of nitriles is 1. The second-order valence-electron chi connectivity index (χ2n) is 6.67. The molecule has 2 aromatic rings. The minimum atomic E-state index is -0.545. The van der Waals surface area contributed by atoms with Gasteiger partial charge in [0.25, 0.3) is 5.91 Å². The molecule has 1 N–H and O–H groups in total. The highest BCUT2D eigenvalue weighted by Crippen LogP contribution is 2.42. The van der Waals surface area contributed by atoms with Crippen molar-refractivity contribution in [2.45, 2.75) is 37.3 Å². The van der Waals surface area contributed by atoms with E-state index in [0.29, 0.717) is 17.9 Å². The summed E-state index contributed by atoms with van der Waals surface area (Å²) in [4.78, 5) is 12.6. The number of amides is 1. The van der Waals surface area contributed by atoms with E-state index in [-0.39, 0.29) is 17.9 Å². The highest BCUT2D eigenvalue weighted by Gasteiger charge is 2.47. The van der Waals surface area contributed by atoms with E-state index < -0.39 is 5.54 Å². The van der Waals surface area contributed by atoms with E-state index >= 15 is 0 Å². The molecule has 1 amide bonds. The van der Waals surface area contributed by atoms with Crippen LogP contribution in [0.3, 0.4) is 0 Å². The second-order valence-corrected chi connectivity index (χ2v) is 7.45. The Kier molecular flexibility index (Phi) is 4.27.